The van der Waals surface area contributed by atoms with Gasteiger partial charge in [0, 0.05) is 18.0 Å². The summed E-state index contributed by atoms with van der Waals surface area (Å²) in [7, 11) is 2.01. The molecule has 6 nitrogen and oxygen atoms in total. The molecule has 1 saturated carbocycles. The van der Waals surface area contributed by atoms with Gasteiger partial charge >= 0.3 is 0 Å². The van der Waals surface area contributed by atoms with Gasteiger partial charge in [-0.25, -0.2) is 4.99 Å². The number of amidine groups is 1. The zero-order valence-corrected chi connectivity index (χ0v) is 22.7. The number of fused-ring (bicyclic) bond motifs is 1. The van der Waals surface area contributed by atoms with E-state index in [1.807, 2.05) is 67.7 Å². The van der Waals surface area contributed by atoms with Crippen LogP contribution in [0, 0.1) is 11.3 Å². The Labute approximate surface area is 231 Å². The van der Waals surface area contributed by atoms with Gasteiger partial charge in [-0.15, -0.1) is 0 Å². The maximum Gasteiger partial charge on any atom is 0.269 e. The van der Waals surface area contributed by atoms with Crippen molar-refractivity contribution < 1.29 is 4.79 Å². The monoisotopic (exact) mass is 537 g/mol. The van der Waals surface area contributed by atoms with E-state index in [4.69, 9.17) is 4.99 Å². The van der Waals surface area contributed by atoms with Crippen LogP contribution >= 0.6 is 23.5 Å². The van der Waals surface area contributed by atoms with Gasteiger partial charge in [0.15, 0.2) is 5.17 Å². The standard InChI is InChI=1S/C30H27N5OS2/c1-34-25-13-7-8-14-26(25)37-29(34)27-28(36)35(19-20-9-3-2-4-10-20)30(38-27)33-24-17-21(18-31)15-16-23(24)32-22-11-5-6-12-22/h2-4,7-10,13-17,22,32H,5-6,11-12,19H2,1H3/b29-27-,33-30?. The van der Waals surface area contributed by atoms with Gasteiger partial charge in [0.25, 0.3) is 5.91 Å². The first-order valence-corrected chi connectivity index (χ1v) is 14.4. The maximum absolute atomic E-state index is 13.9. The lowest BCUT2D eigenvalue weighted by atomic mass is 10.1. The Hall–Kier alpha value is -3.67. The number of carbonyl (C=O) groups is 1. The molecule has 0 radical (unpaired) electrons. The summed E-state index contributed by atoms with van der Waals surface area (Å²) in [4.78, 5) is 24.6. The molecule has 2 fully saturated rings. The third-order valence-corrected chi connectivity index (χ3v) is 9.47. The average molecular weight is 538 g/mol. The Bertz CT molecular complexity index is 1490. The number of anilines is 2. The zero-order valence-electron chi connectivity index (χ0n) is 21.1. The highest BCUT2D eigenvalue weighted by molar-refractivity contribution is 8.19. The summed E-state index contributed by atoms with van der Waals surface area (Å²) >= 11 is 3.03. The van der Waals surface area contributed by atoms with Crippen LogP contribution in [0.1, 0.15) is 36.8 Å². The van der Waals surface area contributed by atoms with Gasteiger partial charge in [-0.1, -0.05) is 67.1 Å². The van der Waals surface area contributed by atoms with Gasteiger partial charge in [-0.3, -0.25) is 9.69 Å². The van der Waals surface area contributed by atoms with E-state index in [-0.39, 0.29) is 5.91 Å². The van der Waals surface area contributed by atoms with Gasteiger partial charge in [0.1, 0.15) is 4.91 Å². The maximum atomic E-state index is 13.9. The number of para-hydroxylation sites is 1. The second-order valence-electron chi connectivity index (χ2n) is 9.61. The van der Waals surface area contributed by atoms with Crippen LogP contribution in [-0.2, 0) is 11.3 Å². The van der Waals surface area contributed by atoms with Crippen molar-refractivity contribution in [2.75, 3.05) is 17.3 Å². The van der Waals surface area contributed by atoms with Crippen LogP contribution in [-0.4, -0.2) is 29.1 Å². The molecule has 6 rings (SSSR count). The number of nitrogens with one attached hydrogen (secondary N) is 1. The first-order chi connectivity index (χ1) is 18.6. The number of nitriles is 1. The van der Waals surface area contributed by atoms with Gasteiger partial charge in [-0.2, -0.15) is 5.26 Å². The van der Waals surface area contributed by atoms with Gasteiger partial charge in [0.05, 0.1) is 40.3 Å². The Kier molecular flexibility index (Phi) is 6.88. The zero-order chi connectivity index (χ0) is 26.1. The van der Waals surface area contributed by atoms with Crippen LogP contribution in [0.15, 0.2) is 92.6 Å². The topological polar surface area (TPSA) is 71.7 Å². The molecule has 2 aliphatic heterocycles. The SMILES string of the molecule is CN1/C(=C2/SC(=Nc3cc(C#N)ccc3NC3CCCC3)N(Cc3ccccc3)C2=O)Sc2ccccc21. The minimum Gasteiger partial charge on any atom is -0.381 e. The van der Waals surface area contributed by atoms with Crippen molar-refractivity contribution in [2.45, 2.75) is 43.2 Å². The first kappa shape index (κ1) is 24.7. The van der Waals surface area contributed by atoms with E-state index in [9.17, 15) is 10.1 Å². The fourth-order valence-corrected chi connectivity index (χ4v) is 7.37. The highest BCUT2D eigenvalue weighted by Crippen LogP contribution is 2.50. The van der Waals surface area contributed by atoms with E-state index in [2.05, 4.69) is 28.4 Å². The Morgan fingerprint density at radius 1 is 1.03 bits per heavy atom. The van der Waals surface area contributed by atoms with Crippen molar-refractivity contribution in [1.29, 1.82) is 5.26 Å². The minimum absolute atomic E-state index is 0.0542. The lowest BCUT2D eigenvalue weighted by Gasteiger charge is -2.18. The number of thioether (sulfide) groups is 2. The van der Waals surface area contributed by atoms with Crippen LogP contribution in [0.25, 0.3) is 0 Å². The second-order valence-corrected chi connectivity index (χ2v) is 11.6. The number of benzene rings is 3. The van der Waals surface area contributed by atoms with Gasteiger partial charge in [0.2, 0.25) is 0 Å². The number of rotatable bonds is 5. The molecule has 190 valence electrons. The number of aliphatic imine (C=N–C) groups is 1. The van der Waals surface area contributed by atoms with Crippen molar-refractivity contribution in [3.8, 4) is 6.07 Å². The summed E-state index contributed by atoms with van der Waals surface area (Å²) in [6.07, 6.45) is 4.70. The van der Waals surface area contributed by atoms with Crippen LogP contribution in [0.5, 0.6) is 0 Å². The van der Waals surface area contributed by atoms with Crippen LogP contribution in [0.4, 0.5) is 17.1 Å². The fraction of sp³-hybridized carbons (Fsp3) is 0.233. The lowest BCUT2D eigenvalue weighted by Crippen LogP contribution is -2.29. The molecule has 0 aromatic heterocycles. The second kappa shape index (κ2) is 10.6. The Balaban J connectivity index is 1.41. The van der Waals surface area contributed by atoms with Crippen molar-refractivity contribution in [2.24, 2.45) is 4.99 Å². The predicted octanol–water partition coefficient (Wildman–Crippen LogP) is 7.09. The largest absolute Gasteiger partial charge is 0.381 e. The summed E-state index contributed by atoms with van der Waals surface area (Å²) in [5, 5.41) is 14.8. The number of hydrogen-bond acceptors (Lipinski definition) is 7. The predicted molar refractivity (Wildman–Crippen MR) is 156 cm³/mol. The first-order valence-electron chi connectivity index (χ1n) is 12.8. The quantitative estimate of drug-likeness (QED) is 0.351. The Morgan fingerprint density at radius 2 is 1.79 bits per heavy atom. The van der Waals surface area contributed by atoms with Crippen molar-refractivity contribution in [3.05, 3.63) is 93.9 Å². The molecule has 1 amide bonds. The molecule has 1 N–H and O–H groups in total. The van der Waals surface area contributed by atoms with E-state index >= 15 is 0 Å². The summed E-state index contributed by atoms with van der Waals surface area (Å²) in [5.74, 6) is -0.0542. The Morgan fingerprint density at radius 3 is 2.55 bits per heavy atom. The van der Waals surface area contributed by atoms with E-state index < -0.39 is 0 Å². The number of nitrogens with zero attached hydrogens (tertiary/aromatic N) is 4. The van der Waals surface area contributed by atoms with E-state index in [1.165, 1.54) is 24.6 Å². The third-order valence-electron chi connectivity index (χ3n) is 7.04. The molecule has 0 spiro atoms. The number of carbonyl (C=O) groups excluding carboxylic acids is 1. The molecular weight excluding hydrogens is 510 g/mol. The lowest BCUT2D eigenvalue weighted by molar-refractivity contribution is -0.122. The van der Waals surface area contributed by atoms with E-state index in [1.54, 1.807) is 16.7 Å². The molecule has 1 saturated heterocycles. The molecule has 3 aromatic carbocycles. The molecule has 3 aromatic rings. The van der Waals surface area contributed by atoms with E-state index in [0.29, 0.717) is 33.9 Å². The fourth-order valence-electron chi connectivity index (χ4n) is 5.03. The molecule has 2 heterocycles. The summed E-state index contributed by atoms with van der Waals surface area (Å²) in [6.45, 7) is 0.424. The number of amides is 1. The van der Waals surface area contributed by atoms with Crippen LogP contribution in [0.3, 0.4) is 0 Å². The minimum atomic E-state index is -0.0542. The molecule has 3 aliphatic rings. The molecular formula is C30H27N5OS2. The summed E-state index contributed by atoms with van der Waals surface area (Å²) in [5.41, 5.74) is 4.26. The third kappa shape index (κ3) is 4.80. The van der Waals surface area contributed by atoms with Gasteiger partial charge < -0.3 is 10.2 Å². The molecule has 38 heavy (non-hydrogen) atoms. The van der Waals surface area contributed by atoms with Crippen LogP contribution < -0.4 is 10.2 Å². The van der Waals surface area contributed by atoms with Crippen LogP contribution in [0.2, 0.25) is 0 Å². The average Bonchev–Trinajstić information content (AvgIpc) is 3.65. The van der Waals surface area contributed by atoms with Gasteiger partial charge in [-0.05, 0) is 60.5 Å². The number of hydrogen-bond donors (Lipinski definition) is 1. The molecule has 1 aliphatic carbocycles. The van der Waals surface area contributed by atoms with Crippen molar-refractivity contribution in [3.63, 3.8) is 0 Å². The van der Waals surface area contributed by atoms with Crippen molar-refractivity contribution in [1.82, 2.24) is 4.90 Å². The molecule has 0 bridgehead atoms. The molecule has 0 unspecified atom stereocenters. The van der Waals surface area contributed by atoms with E-state index in [0.717, 1.165) is 39.7 Å². The molecule has 8 heteroatoms. The highest BCUT2D eigenvalue weighted by Gasteiger charge is 2.39. The van der Waals surface area contributed by atoms with Crippen molar-refractivity contribution >= 4 is 51.7 Å². The smallest absolute Gasteiger partial charge is 0.269 e. The highest BCUT2D eigenvalue weighted by atomic mass is 32.2. The normalized spacial score (nSPS) is 20.3. The summed E-state index contributed by atoms with van der Waals surface area (Å²) < 4.78 is 0. The molecule has 0 atom stereocenters. The summed E-state index contributed by atoms with van der Waals surface area (Å²) in [6, 6.07) is 26.4.